The fourth-order valence-electron chi connectivity index (χ4n) is 6.95. The lowest BCUT2D eigenvalue weighted by Gasteiger charge is -2.42. The molecule has 3 unspecified atom stereocenters. The molecule has 0 bridgehead atoms. The normalized spacial score (nSPS) is 41.4. The Morgan fingerprint density at radius 3 is 2.38 bits per heavy atom. The summed E-state index contributed by atoms with van der Waals surface area (Å²) >= 11 is 0. The average Bonchev–Trinajstić information content (AvgIpc) is 3.17. The van der Waals surface area contributed by atoms with Crippen molar-refractivity contribution in [3.05, 3.63) is 0 Å². The van der Waals surface area contributed by atoms with E-state index in [1.54, 1.807) is 0 Å². The molecule has 3 saturated carbocycles. The summed E-state index contributed by atoms with van der Waals surface area (Å²) in [4.78, 5) is 2.83. The Hall–Kier alpha value is -0.200. The predicted molar refractivity (Wildman–Crippen MR) is 120 cm³/mol. The van der Waals surface area contributed by atoms with Crippen LogP contribution in [-0.4, -0.2) is 63.0 Å². The van der Waals surface area contributed by atoms with Crippen molar-refractivity contribution in [2.45, 2.75) is 88.8 Å². The molecule has 4 N–H and O–H groups in total. The molecule has 3 atom stereocenters. The minimum Gasteiger partial charge on any atom is -0.381 e. The van der Waals surface area contributed by atoms with Crippen molar-refractivity contribution < 1.29 is 4.74 Å². The Morgan fingerprint density at radius 1 is 0.931 bits per heavy atom. The van der Waals surface area contributed by atoms with E-state index in [-0.39, 0.29) is 0 Å². The number of hydrogen-bond donors (Lipinski definition) is 3. The maximum Gasteiger partial charge on any atom is 0.0571 e. The van der Waals surface area contributed by atoms with Crippen LogP contribution in [0, 0.1) is 23.7 Å². The molecule has 168 valence electrons. The van der Waals surface area contributed by atoms with Gasteiger partial charge >= 0.3 is 0 Å². The van der Waals surface area contributed by atoms with E-state index in [1.165, 1.54) is 83.7 Å². The maximum atomic E-state index is 5.61. The van der Waals surface area contributed by atoms with Crippen LogP contribution < -0.4 is 16.4 Å². The van der Waals surface area contributed by atoms with Crippen LogP contribution in [0.25, 0.3) is 0 Å². The quantitative estimate of drug-likeness (QED) is 0.541. The van der Waals surface area contributed by atoms with Crippen LogP contribution in [0.2, 0.25) is 0 Å². The third-order valence-corrected chi connectivity index (χ3v) is 8.81. The van der Waals surface area contributed by atoms with Crippen LogP contribution in [0.15, 0.2) is 0 Å². The average molecular weight is 407 g/mol. The van der Waals surface area contributed by atoms with Gasteiger partial charge in [-0.2, -0.15) is 0 Å². The topological polar surface area (TPSA) is 62.5 Å². The molecule has 4 fully saturated rings. The van der Waals surface area contributed by atoms with Gasteiger partial charge in [-0.25, -0.2) is 0 Å². The molecular weight excluding hydrogens is 360 g/mol. The number of ether oxygens (including phenoxy) is 1. The Morgan fingerprint density at radius 2 is 1.66 bits per heavy atom. The summed E-state index contributed by atoms with van der Waals surface area (Å²) < 4.78 is 5.58. The van der Waals surface area contributed by atoms with Gasteiger partial charge in [0.1, 0.15) is 0 Å². The monoisotopic (exact) mass is 406 g/mol. The summed E-state index contributed by atoms with van der Waals surface area (Å²) in [5, 5.41) is 7.39. The van der Waals surface area contributed by atoms with E-state index in [0.717, 1.165) is 55.5 Å². The highest BCUT2D eigenvalue weighted by Gasteiger charge is 2.42. The zero-order valence-corrected chi connectivity index (χ0v) is 18.8. The number of methoxy groups -OCH3 is 1. The third kappa shape index (κ3) is 5.74. The maximum absolute atomic E-state index is 5.61. The van der Waals surface area contributed by atoms with Gasteiger partial charge in [0.05, 0.1) is 6.10 Å². The molecule has 0 aromatic heterocycles. The number of nitrogens with one attached hydrogen (secondary N) is 2. The fourth-order valence-corrected chi connectivity index (χ4v) is 6.95. The summed E-state index contributed by atoms with van der Waals surface area (Å²) in [6.45, 7) is 5.37. The van der Waals surface area contributed by atoms with Crippen molar-refractivity contribution in [3.8, 4) is 0 Å². The lowest BCUT2D eigenvalue weighted by molar-refractivity contribution is 0.0439. The molecule has 29 heavy (non-hydrogen) atoms. The van der Waals surface area contributed by atoms with Crippen molar-refractivity contribution >= 4 is 0 Å². The largest absolute Gasteiger partial charge is 0.381 e. The van der Waals surface area contributed by atoms with E-state index in [4.69, 9.17) is 10.5 Å². The highest BCUT2D eigenvalue weighted by molar-refractivity contribution is 4.98. The first kappa shape index (κ1) is 22.0. The van der Waals surface area contributed by atoms with E-state index >= 15 is 0 Å². The smallest absolute Gasteiger partial charge is 0.0571 e. The van der Waals surface area contributed by atoms with Crippen LogP contribution in [0.1, 0.15) is 70.6 Å². The van der Waals surface area contributed by atoms with Gasteiger partial charge in [0.15, 0.2) is 0 Å². The summed E-state index contributed by atoms with van der Waals surface area (Å²) in [5.41, 5.74) is 5.61. The lowest BCUT2D eigenvalue weighted by atomic mass is 9.69. The minimum absolute atomic E-state index is 0.524. The first-order chi connectivity index (χ1) is 14.3. The highest BCUT2D eigenvalue weighted by atomic mass is 16.5. The third-order valence-electron chi connectivity index (χ3n) is 8.81. The molecule has 0 radical (unpaired) electrons. The molecule has 4 aliphatic rings. The van der Waals surface area contributed by atoms with E-state index in [2.05, 4.69) is 15.5 Å². The second kappa shape index (κ2) is 10.9. The van der Waals surface area contributed by atoms with E-state index in [0.29, 0.717) is 6.10 Å². The molecule has 4 rings (SSSR count). The predicted octanol–water partition coefficient (Wildman–Crippen LogP) is 2.95. The minimum atomic E-state index is 0.524. The van der Waals surface area contributed by atoms with Gasteiger partial charge < -0.3 is 15.8 Å². The molecule has 0 amide bonds. The van der Waals surface area contributed by atoms with Crippen molar-refractivity contribution in [1.82, 2.24) is 15.5 Å². The molecular formula is C24H46N4O. The van der Waals surface area contributed by atoms with Crippen molar-refractivity contribution in [2.24, 2.45) is 29.4 Å². The van der Waals surface area contributed by atoms with Crippen molar-refractivity contribution in [3.63, 3.8) is 0 Å². The van der Waals surface area contributed by atoms with E-state index < -0.39 is 0 Å². The number of fused-ring (bicyclic) bond motifs is 1. The highest BCUT2D eigenvalue weighted by Crippen LogP contribution is 2.42. The molecule has 0 spiro atoms. The molecule has 5 nitrogen and oxygen atoms in total. The molecule has 1 aliphatic heterocycles. The summed E-state index contributed by atoms with van der Waals surface area (Å²) in [5.74, 6) is 3.74. The zero-order chi connectivity index (χ0) is 20.1. The van der Waals surface area contributed by atoms with Gasteiger partial charge in [-0.15, -0.1) is 0 Å². The molecule has 0 aromatic rings. The number of hydrogen-bond acceptors (Lipinski definition) is 5. The van der Waals surface area contributed by atoms with Gasteiger partial charge in [0.25, 0.3) is 0 Å². The molecule has 3 aliphatic carbocycles. The fraction of sp³-hybridized carbons (Fsp3) is 1.00. The number of nitrogens with zero attached hydrogens (tertiary/aromatic N) is 1. The Balaban J connectivity index is 1.22. The second-order valence-electron chi connectivity index (χ2n) is 10.5. The van der Waals surface area contributed by atoms with Crippen molar-refractivity contribution in [1.29, 1.82) is 0 Å². The van der Waals surface area contributed by atoms with Crippen LogP contribution in [-0.2, 0) is 4.74 Å². The number of nitrogens with two attached hydrogens (primary N) is 1. The molecule has 0 aromatic carbocycles. The molecule has 1 saturated heterocycles. The van der Waals surface area contributed by atoms with E-state index in [1.807, 2.05) is 7.11 Å². The summed E-state index contributed by atoms with van der Waals surface area (Å²) in [6.07, 6.45) is 15.9. The van der Waals surface area contributed by atoms with Crippen LogP contribution in [0.3, 0.4) is 0 Å². The first-order valence-corrected chi connectivity index (χ1v) is 12.7. The first-order valence-electron chi connectivity index (χ1n) is 12.7. The SMILES string of the molecule is COC1CCC(CN2CNC3CCC(C4CCC(CNCCN)CC4)CC32)CC1. The van der Waals surface area contributed by atoms with E-state index in [9.17, 15) is 0 Å². The lowest BCUT2D eigenvalue weighted by Crippen LogP contribution is -2.45. The Bertz CT molecular complexity index is 474. The second-order valence-corrected chi connectivity index (χ2v) is 10.5. The van der Waals surface area contributed by atoms with Crippen LogP contribution >= 0.6 is 0 Å². The summed E-state index contributed by atoms with van der Waals surface area (Å²) in [7, 11) is 1.88. The van der Waals surface area contributed by atoms with Crippen molar-refractivity contribution in [2.75, 3.05) is 40.0 Å². The van der Waals surface area contributed by atoms with Gasteiger partial charge in [-0.3, -0.25) is 10.2 Å². The van der Waals surface area contributed by atoms with Crippen LogP contribution in [0.5, 0.6) is 0 Å². The Kier molecular flexibility index (Phi) is 8.27. The zero-order valence-electron chi connectivity index (χ0n) is 18.8. The van der Waals surface area contributed by atoms with Gasteiger partial charge in [0, 0.05) is 45.5 Å². The molecule has 5 heteroatoms. The van der Waals surface area contributed by atoms with Gasteiger partial charge in [-0.1, -0.05) is 0 Å². The summed E-state index contributed by atoms with van der Waals surface area (Å²) in [6, 6.07) is 1.57. The number of rotatable bonds is 8. The molecule has 1 heterocycles. The van der Waals surface area contributed by atoms with Crippen LogP contribution in [0.4, 0.5) is 0 Å². The van der Waals surface area contributed by atoms with Gasteiger partial charge in [0.2, 0.25) is 0 Å². The Labute approximate surface area is 178 Å². The standard InChI is InChI=1S/C24H46N4O/c1-29-22-9-4-19(5-10-22)16-28-17-27-23-11-8-21(14-24(23)28)20-6-2-18(3-7-20)15-26-13-12-25/h18-24,26-27H,2-17,25H2,1H3. The van der Waals surface area contributed by atoms with Gasteiger partial charge in [-0.05, 0) is 101 Å².